The number of ether oxygens (including phenoxy) is 2. The Bertz CT molecular complexity index is 677. The quantitative estimate of drug-likeness (QED) is 0.564. The predicted octanol–water partition coefficient (Wildman–Crippen LogP) is 3.15. The van der Waals surface area contributed by atoms with Crippen LogP contribution in [0.1, 0.15) is 25.0 Å². The van der Waals surface area contributed by atoms with E-state index in [1.54, 1.807) is 0 Å². The first kappa shape index (κ1) is 19.0. The highest BCUT2D eigenvalue weighted by molar-refractivity contribution is 5.83. The Morgan fingerprint density at radius 1 is 0.808 bits per heavy atom. The number of hydrazone groups is 2. The maximum absolute atomic E-state index is 11.6. The highest BCUT2D eigenvalue weighted by Gasteiger charge is 1.96. The van der Waals surface area contributed by atoms with E-state index in [0.717, 1.165) is 22.6 Å². The van der Waals surface area contributed by atoms with E-state index in [0.29, 0.717) is 13.2 Å². The molecule has 0 aliphatic heterocycles. The Hall–Kier alpha value is -3.35. The summed E-state index contributed by atoms with van der Waals surface area (Å²) in [7, 11) is 0. The normalized spacial score (nSPS) is 10.8. The zero-order chi connectivity index (χ0) is 18.6. The second-order valence-corrected chi connectivity index (χ2v) is 5.07. The monoisotopic (exact) mass is 354 g/mol. The molecule has 7 nitrogen and oxygen atoms in total. The van der Waals surface area contributed by atoms with Crippen LogP contribution in [0.3, 0.4) is 0 Å². The second kappa shape index (κ2) is 10.5. The van der Waals surface area contributed by atoms with E-state index in [4.69, 9.17) is 9.47 Å². The Balaban J connectivity index is 1.75. The molecule has 0 aromatic heterocycles. The number of carbonyl (C=O) groups is 1. The van der Waals surface area contributed by atoms with Gasteiger partial charge in [0.1, 0.15) is 11.5 Å². The van der Waals surface area contributed by atoms with Gasteiger partial charge in [0, 0.05) is 0 Å². The first-order chi connectivity index (χ1) is 12.7. The van der Waals surface area contributed by atoms with Crippen molar-refractivity contribution >= 4 is 18.5 Å². The Labute approximate surface area is 152 Å². The summed E-state index contributed by atoms with van der Waals surface area (Å²) in [5.41, 5.74) is 6.35. The van der Waals surface area contributed by atoms with Gasteiger partial charge in [-0.05, 0) is 73.5 Å². The number of nitrogens with one attached hydrogen (secondary N) is 2. The minimum Gasteiger partial charge on any atom is -0.494 e. The van der Waals surface area contributed by atoms with Crippen LogP contribution in [0.2, 0.25) is 0 Å². The largest absolute Gasteiger partial charge is 0.494 e. The van der Waals surface area contributed by atoms with Gasteiger partial charge < -0.3 is 9.47 Å². The molecule has 0 aliphatic rings. The molecule has 0 atom stereocenters. The minimum atomic E-state index is -0.533. The van der Waals surface area contributed by atoms with E-state index in [1.165, 1.54) is 12.4 Å². The van der Waals surface area contributed by atoms with Crippen LogP contribution in [0.4, 0.5) is 4.79 Å². The van der Waals surface area contributed by atoms with Crippen molar-refractivity contribution in [3.63, 3.8) is 0 Å². The van der Waals surface area contributed by atoms with E-state index in [9.17, 15) is 4.79 Å². The maximum Gasteiger partial charge on any atom is 0.355 e. The lowest BCUT2D eigenvalue weighted by molar-refractivity contribution is 0.242. The van der Waals surface area contributed by atoms with Crippen LogP contribution < -0.4 is 20.3 Å². The fraction of sp³-hybridized carbons (Fsp3) is 0.211. The van der Waals surface area contributed by atoms with Crippen LogP contribution in [-0.4, -0.2) is 31.7 Å². The molecular weight excluding hydrogens is 332 g/mol. The molecular formula is C19H22N4O3. The number of hydrogen-bond donors (Lipinski definition) is 2. The molecule has 0 aliphatic carbocycles. The van der Waals surface area contributed by atoms with Crippen molar-refractivity contribution < 1.29 is 14.3 Å². The lowest BCUT2D eigenvalue weighted by Crippen LogP contribution is -2.28. The Morgan fingerprint density at radius 2 is 1.19 bits per heavy atom. The summed E-state index contributed by atoms with van der Waals surface area (Å²) >= 11 is 0. The molecule has 0 fully saturated rings. The summed E-state index contributed by atoms with van der Waals surface area (Å²) in [6.45, 7) is 5.09. The number of urea groups is 1. The van der Waals surface area contributed by atoms with Gasteiger partial charge in [-0.15, -0.1) is 0 Å². The van der Waals surface area contributed by atoms with Crippen molar-refractivity contribution in [2.24, 2.45) is 10.2 Å². The minimum absolute atomic E-state index is 0.533. The number of nitrogens with zero attached hydrogens (tertiary/aromatic N) is 2. The second-order valence-electron chi connectivity index (χ2n) is 5.07. The average molecular weight is 354 g/mol. The molecule has 0 saturated heterocycles. The standard InChI is InChI=1S/C19H22N4O3/c1-3-25-17-9-5-15(6-10-17)13-20-22-19(24)23-21-14-16-7-11-18(12-8-16)26-4-2/h5-14H,3-4H2,1-2H3,(H2,22,23,24)/b20-13+,21-14+. The van der Waals surface area contributed by atoms with Gasteiger partial charge in [-0.3, -0.25) is 0 Å². The van der Waals surface area contributed by atoms with E-state index in [-0.39, 0.29) is 0 Å². The van der Waals surface area contributed by atoms with Crippen LogP contribution in [0.5, 0.6) is 11.5 Å². The van der Waals surface area contributed by atoms with Gasteiger partial charge in [0.25, 0.3) is 0 Å². The molecule has 2 rings (SSSR count). The molecule has 26 heavy (non-hydrogen) atoms. The van der Waals surface area contributed by atoms with Gasteiger partial charge in [0.15, 0.2) is 0 Å². The zero-order valence-electron chi connectivity index (χ0n) is 14.8. The molecule has 7 heteroatoms. The lowest BCUT2D eigenvalue weighted by Gasteiger charge is -2.02. The highest BCUT2D eigenvalue weighted by Crippen LogP contribution is 2.11. The van der Waals surface area contributed by atoms with Crippen LogP contribution >= 0.6 is 0 Å². The van der Waals surface area contributed by atoms with E-state index in [1.807, 2.05) is 62.4 Å². The van der Waals surface area contributed by atoms with E-state index < -0.39 is 6.03 Å². The van der Waals surface area contributed by atoms with Gasteiger partial charge in [-0.25, -0.2) is 15.6 Å². The molecule has 2 aromatic carbocycles. The lowest BCUT2D eigenvalue weighted by atomic mass is 10.2. The fourth-order valence-corrected chi connectivity index (χ4v) is 1.99. The number of amides is 2. The third-order valence-corrected chi connectivity index (χ3v) is 3.14. The molecule has 0 saturated carbocycles. The number of hydrogen-bond acceptors (Lipinski definition) is 5. The summed E-state index contributed by atoms with van der Waals surface area (Å²) in [5, 5.41) is 7.71. The van der Waals surface area contributed by atoms with Crippen LogP contribution in [0, 0.1) is 0 Å². The van der Waals surface area contributed by atoms with E-state index >= 15 is 0 Å². The Kier molecular flexibility index (Phi) is 7.67. The molecule has 0 spiro atoms. The zero-order valence-corrected chi connectivity index (χ0v) is 14.8. The topological polar surface area (TPSA) is 84.3 Å². The molecule has 136 valence electrons. The van der Waals surface area contributed by atoms with Crippen molar-refractivity contribution in [2.45, 2.75) is 13.8 Å². The predicted molar refractivity (Wildman–Crippen MR) is 102 cm³/mol. The molecule has 0 heterocycles. The maximum atomic E-state index is 11.6. The number of benzene rings is 2. The molecule has 0 radical (unpaired) electrons. The van der Waals surface area contributed by atoms with Crippen LogP contribution in [0.25, 0.3) is 0 Å². The first-order valence-electron chi connectivity index (χ1n) is 8.29. The molecule has 0 bridgehead atoms. The number of carbonyl (C=O) groups excluding carboxylic acids is 1. The van der Waals surface area contributed by atoms with Gasteiger partial charge in [0.2, 0.25) is 0 Å². The molecule has 2 amide bonds. The van der Waals surface area contributed by atoms with Gasteiger partial charge in [-0.1, -0.05) is 0 Å². The van der Waals surface area contributed by atoms with Gasteiger partial charge in [0.05, 0.1) is 25.6 Å². The SMILES string of the molecule is CCOc1ccc(/C=N/NC(=O)N/N=C/c2ccc(OCC)cc2)cc1. The van der Waals surface area contributed by atoms with Crippen molar-refractivity contribution in [2.75, 3.05) is 13.2 Å². The fourth-order valence-electron chi connectivity index (χ4n) is 1.99. The first-order valence-corrected chi connectivity index (χ1v) is 8.29. The highest BCUT2D eigenvalue weighted by atomic mass is 16.5. The summed E-state index contributed by atoms with van der Waals surface area (Å²) in [6, 6.07) is 14.2. The van der Waals surface area contributed by atoms with Crippen molar-refractivity contribution in [1.82, 2.24) is 10.9 Å². The number of rotatable bonds is 8. The van der Waals surface area contributed by atoms with Crippen LogP contribution in [0.15, 0.2) is 58.7 Å². The van der Waals surface area contributed by atoms with Gasteiger partial charge in [-0.2, -0.15) is 10.2 Å². The Morgan fingerprint density at radius 3 is 1.54 bits per heavy atom. The van der Waals surface area contributed by atoms with Crippen molar-refractivity contribution in [3.05, 3.63) is 59.7 Å². The summed E-state index contributed by atoms with van der Waals surface area (Å²) in [6.07, 6.45) is 3.07. The summed E-state index contributed by atoms with van der Waals surface area (Å²) < 4.78 is 10.7. The average Bonchev–Trinajstić information content (AvgIpc) is 2.65. The smallest absolute Gasteiger partial charge is 0.355 e. The van der Waals surface area contributed by atoms with Crippen molar-refractivity contribution in [1.29, 1.82) is 0 Å². The molecule has 2 aromatic rings. The molecule has 0 unspecified atom stereocenters. The summed E-state index contributed by atoms with van der Waals surface area (Å²) in [4.78, 5) is 11.6. The van der Waals surface area contributed by atoms with Crippen molar-refractivity contribution in [3.8, 4) is 11.5 Å². The molecule has 2 N–H and O–H groups in total. The third-order valence-electron chi connectivity index (χ3n) is 3.14. The van der Waals surface area contributed by atoms with E-state index in [2.05, 4.69) is 21.1 Å². The summed E-state index contributed by atoms with van der Waals surface area (Å²) in [5.74, 6) is 1.58. The third kappa shape index (κ3) is 6.64. The van der Waals surface area contributed by atoms with Gasteiger partial charge >= 0.3 is 6.03 Å². The van der Waals surface area contributed by atoms with Crippen LogP contribution in [-0.2, 0) is 0 Å².